The Bertz CT molecular complexity index is 698. The topological polar surface area (TPSA) is 65.0 Å². The average molecular weight is 328 g/mol. The first-order chi connectivity index (χ1) is 11.7. The van der Waals surface area contributed by atoms with Gasteiger partial charge in [-0.2, -0.15) is 0 Å². The molecular weight excluding hydrogens is 308 g/mol. The third kappa shape index (κ3) is 4.19. The molecule has 5 nitrogen and oxygen atoms in total. The number of fused-ring (bicyclic) bond motifs is 1. The van der Waals surface area contributed by atoms with Gasteiger partial charge < -0.3 is 19.3 Å². The summed E-state index contributed by atoms with van der Waals surface area (Å²) in [6, 6.07) is 15.3. The first-order valence-electron chi connectivity index (χ1n) is 8.03. The summed E-state index contributed by atoms with van der Waals surface area (Å²) in [5.74, 6) is 1.47. The van der Waals surface area contributed by atoms with Gasteiger partial charge in [0, 0.05) is 6.42 Å². The number of carbonyl (C=O) groups is 1. The molecule has 0 saturated carbocycles. The van der Waals surface area contributed by atoms with Gasteiger partial charge in [-0.15, -0.1) is 0 Å². The van der Waals surface area contributed by atoms with Gasteiger partial charge in [0.25, 0.3) is 0 Å². The van der Waals surface area contributed by atoms with Crippen molar-refractivity contribution in [2.75, 3.05) is 13.2 Å². The molecule has 3 rings (SSSR count). The number of aliphatic carboxylic acids is 1. The number of ether oxygens (including phenoxy) is 3. The molecule has 1 unspecified atom stereocenters. The van der Waals surface area contributed by atoms with Crippen molar-refractivity contribution in [3.8, 4) is 17.2 Å². The number of rotatable bonds is 7. The van der Waals surface area contributed by atoms with E-state index < -0.39 is 5.97 Å². The van der Waals surface area contributed by atoms with E-state index >= 15 is 0 Å². The summed E-state index contributed by atoms with van der Waals surface area (Å²) in [5.41, 5.74) is 1.01. The Labute approximate surface area is 140 Å². The summed E-state index contributed by atoms with van der Waals surface area (Å²) in [6.45, 7) is 0.822. The summed E-state index contributed by atoms with van der Waals surface area (Å²) >= 11 is 0. The molecule has 126 valence electrons. The number of aryl methyl sites for hydroxylation is 1. The van der Waals surface area contributed by atoms with Gasteiger partial charge in [-0.05, 0) is 36.6 Å². The van der Waals surface area contributed by atoms with E-state index in [4.69, 9.17) is 19.3 Å². The number of carboxylic acids is 1. The molecule has 0 aliphatic carbocycles. The Morgan fingerprint density at radius 2 is 1.88 bits per heavy atom. The molecule has 24 heavy (non-hydrogen) atoms. The zero-order valence-corrected chi connectivity index (χ0v) is 13.3. The Morgan fingerprint density at radius 3 is 2.71 bits per heavy atom. The van der Waals surface area contributed by atoms with Gasteiger partial charge in [0.2, 0.25) is 0 Å². The number of benzene rings is 2. The minimum Gasteiger partial charge on any atom is -0.489 e. The van der Waals surface area contributed by atoms with Crippen LogP contribution in [0, 0.1) is 0 Å². The van der Waals surface area contributed by atoms with Crippen molar-refractivity contribution in [3.63, 3.8) is 0 Å². The first-order valence-corrected chi connectivity index (χ1v) is 8.03. The van der Waals surface area contributed by atoms with E-state index in [1.807, 2.05) is 48.5 Å². The van der Waals surface area contributed by atoms with E-state index in [0.717, 1.165) is 22.8 Å². The van der Waals surface area contributed by atoms with E-state index in [2.05, 4.69) is 0 Å². The van der Waals surface area contributed by atoms with Crippen LogP contribution in [0.5, 0.6) is 17.2 Å². The zero-order chi connectivity index (χ0) is 16.8. The number of hydrogen-bond acceptors (Lipinski definition) is 4. The van der Waals surface area contributed by atoms with Gasteiger partial charge >= 0.3 is 5.97 Å². The second kappa shape index (κ2) is 7.73. The Morgan fingerprint density at radius 1 is 1.12 bits per heavy atom. The average Bonchev–Trinajstić information content (AvgIpc) is 2.60. The Balaban J connectivity index is 1.56. The van der Waals surface area contributed by atoms with Crippen molar-refractivity contribution in [1.82, 2.24) is 0 Å². The standard InChI is InChI=1S/C19H20O5/c20-19(21)11-5-7-14-6-1-2-8-16(14)22-12-15-13-23-17-9-3-4-10-18(17)24-15/h1-4,6,8-10,15H,5,7,11-13H2,(H,20,21). The Hall–Kier alpha value is -2.69. The second-order valence-electron chi connectivity index (χ2n) is 5.66. The lowest BCUT2D eigenvalue weighted by atomic mass is 10.1. The van der Waals surface area contributed by atoms with E-state index in [-0.39, 0.29) is 12.5 Å². The monoisotopic (exact) mass is 328 g/mol. The van der Waals surface area contributed by atoms with Gasteiger partial charge in [0.1, 0.15) is 19.0 Å². The van der Waals surface area contributed by atoms with Gasteiger partial charge in [0.15, 0.2) is 17.6 Å². The fourth-order valence-electron chi connectivity index (χ4n) is 2.61. The first kappa shape index (κ1) is 16.2. The molecule has 0 bridgehead atoms. The molecule has 0 amide bonds. The highest BCUT2D eigenvalue weighted by Crippen LogP contribution is 2.31. The molecule has 1 aliphatic heterocycles. The highest BCUT2D eigenvalue weighted by molar-refractivity contribution is 5.66. The van der Waals surface area contributed by atoms with Crippen molar-refractivity contribution < 1.29 is 24.1 Å². The number of hydrogen-bond donors (Lipinski definition) is 1. The lowest BCUT2D eigenvalue weighted by Crippen LogP contribution is -2.34. The van der Waals surface area contributed by atoms with Gasteiger partial charge in [-0.25, -0.2) is 0 Å². The van der Waals surface area contributed by atoms with Crippen LogP contribution in [0.15, 0.2) is 48.5 Å². The fraction of sp³-hybridized carbons (Fsp3) is 0.316. The summed E-state index contributed by atoms with van der Waals surface area (Å²) in [6.07, 6.45) is 1.25. The quantitative estimate of drug-likeness (QED) is 0.845. The van der Waals surface area contributed by atoms with Crippen LogP contribution >= 0.6 is 0 Å². The van der Waals surface area contributed by atoms with Crippen molar-refractivity contribution >= 4 is 5.97 Å². The molecule has 1 atom stereocenters. The molecule has 0 saturated heterocycles. The highest BCUT2D eigenvalue weighted by Gasteiger charge is 2.21. The fourth-order valence-corrected chi connectivity index (χ4v) is 2.61. The van der Waals surface area contributed by atoms with Gasteiger partial charge in [-0.1, -0.05) is 30.3 Å². The van der Waals surface area contributed by atoms with E-state index in [9.17, 15) is 4.79 Å². The molecule has 0 fully saturated rings. The largest absolute Gasteiger partial charge is 0.489 e. The third-order valence-corrected chi connectivity index (χ3v) is 3.80. The van der Waals surface area contributed by atoms with Crippen molar-refractivity contribution in [3.05, 3.63) is 54.1 Å². The van der Waals surface area contributed by atoms with Crippen LogP contribution < -0.4 is 14.2 Å². The molecule has 1 aliphatic rings. The normalized spacial score (nSPS) is 15.8. The molecule has 0 aromatic heterocycles. The van der Waals surface area contributed by atoms with E-state index in [0.29, 0.717) is 26.1 Å². The minimum absolute atomic E-state index is 0.157. The van der Waals surface area contributed by atoms with Gasteiger partial charge in [0.05, 0.1) is 0 Å². The second-order valence-corrected chi connectivity index (χ2v) is 5.66. The molecule has 0 spiro atoms. The van der Waals surface area contributed by atoms with Crippen LogP contribution in [0.1, 0.15) is 18.4 Å². The maximum absolute atomic E-state index is 10.6. The zero-order valence-electron chi connectivity index (χ0n) is 13.3. The Kier molecular flexibility index (Phi) is 5.21. The number of para-hydroxylation sites is 3. The van der Waals surface area contributed by atoms with Crippen molar-refractivity contribution in [2.45, 2.75) is 25.4 Å². The lowest BCUT2D eigenvalue weighted by molar-refractivity contribution is -0.137. The molecule has 2 aromatic rings. The molecular formula is C19H20O5. The summed E-state index contributed by atoms with van der Waals surface area (Å²) < 4.78 is 17.5. The summed E-state index contributed by atoms with van der Waals surface area (Å²) in [5, 5.41) is 8.75. The molecule has 1 heterocycles. The predicted molar refractivity (Wildman–Crippen MR) is 88.9 cm³/mol. The van der Waals surface area contributed by atoms with Gasteiger partial charge in [-0.3, -0.25) is 4.79 Å². The predicted octanol–water partition coefficient (Wildman–Crippen LogP) is 3.31. The van der Waals surface area contributed by atoms with E-state index in [1.54, 1.807) is 0 Å². The highest BCUT2D eigenvalue weighted by atomic mass is 16.6. The number of carboxylic acid groups (broad SMARTS) is 1. The van der Waals surface area contributed by atoms with Crippen LogP contribution in [0.2, 0.25) is 0 Å². The van der Waals surface area contributed by atoms with Crippen LogP contribution in [-0.2, 0) is 11.2 Å². The maximum atomic E-state index is 10.6. The smallest absolute Gasteiger partial charge is 0.303 e. The molecule has 0 radical (unpaired) electrons. The van der Waals surface area contributed by atoms with Crippen LogP contribution in [-0.4, -0.2) is 30.4 Å². The minimum atomic E-state index is -0.778. The summed E-state index contributed by atoms with van der Waals surface area (Å²) in [7, 11) is 0. The third-order valence-electron chi connectivity index (χ3n) is 3.80. The SMILES string of the molecule is O=C(O)CCCc1ccccc1OCC1COc2ccccc2O1. The molecule has 2 aromatic carbocycles. The van der Waals surface area contributed by atoms with Crippen LogP contribution in [0.4, 0.5) is 0 Å². The lowest BCUT2D eigenvalue weighted by Gasteiger charge is -2.26. The van der Waals surface area contributed by atoms with Crippen molar-refractivity contribution in [2.24, 2.45) is 0 Å². The maximum Gasteiger partial charge on any atom is 0.303 e. The van der Waals surface area contributed by atoms with Crippen LogP contribution in [0.3, 0.4) is 0 Å². The van der Waals surface area contributed by atoms with Crippen molar-refractivity contribution in [1.29, 1.82) is 0 Å². The van der Waals surface area contributed by atoms with E-state index in [1.165, 1.54) is 0 Å². The summed E-state index contributed by atoms with van der Waals surface area (Å²) in [4.78, 5) is 10.6. The van der Waals surface area contributed by atoms with Crippen LogP contribution in [0.25, 0.3) is 0 Å². The molecule has 1 N–H and O–H groups in total. The molecule has 5 heteroatoms.